The molecule has 0 heteroatoms. The molecule has 2 aliphatic carbocycles. The van der Waals surface area contributed by atoms with Crippen molar-refractivity contribution in [3.05, 3.63) is 22.8 Å². The van der Waals surface area contributed by atoms with E-state index < -0.39 is 0 Å². The quantitative estimate of drug-likeness (QED) is 0.494. The van der Waals surface area contributed by atoms with Crippen LogP contribution >= 0.6 is 0 Å². The van der Waals surface area contributed by atoms with Crippen LogP contribution in [0.5, 0.6) is 0 Å². The normalized spacial score (nSPS) is 35.9. The zero-order chi connectivity index (χ0) is 11.1. The fourth-order valence-corrected chi connectivity index (χ4v) is 3.44. The highest BCUT2D eigenvalue weighted by molar-refractivity contribution is 5.23. The molecule has 0 nitrogen and oxygen atoms in total. The molecule has 0 aromatic heterocycles. The van der Waals surface area contributed by atoms with Crippen LogP contribution in [0.25, 0.3) is 0 Å². The predicted octanol–water partition coefficient (Wildman–Crippen LogP) is 4.87. The highest BCUT2D eigenvalue weighted by Crippen LogP contribution is 2.52. The first kappa shape index (κ1) is 11.0. The summed E-state index contributed by atoms with van der Waals surface area (Å²) in [5.41, 5.74) is 5.56. The molecular formula is C15H24. The molecule has 0 spiro atoms. The fourth-order valence-electron chi connectivity index (χ4n) is 3.44. The van der Waals surface area contributed by atoms with Gasteiger partial charge in [0.25, 0.3) is 0 Å². The van der Waals surface area contributed by atoms with Crippen LogP contribution in [0.2, 0.25) is 0 Å². The molecule has 84 valence electrons. The van der Waals surface area contributed by atoms with E-state index in [4.69, 9.17) is 0 Å². The van der Waals surface area contributed by atoms with E-state index in [1.807, 2.05) is 0 Å². The summed E-state index contributed by atoms with van der Waals surface area (Å²) in [6.45, 7) is 9.41. The smallest absolute Gasteiger partial charge is 0.0114 e. The number of allylic oxidation sites excluding steroid dienone is 4. The van der Waals surface area contributed by atoms with Crippen molar-refractivity contribution in [1.29, 1.82) is 0 Å². The molecule has 0 aromatic rings. The Labute approximate surface area is 94.5 Å². The van der Waals surface area contributed by atoms with Gasteiger partial charge in [0.05, 0.1) is 0 Å². The van der Waals surface area contributed by atoms with Crippen molar-refractivity contribution in [2.24, 2.45) is 11.3 Å². The van der Waals surface area contributed by atoms with Crippen LogP contribution < -0.4 is 0 Å². The molecule has 0 bridgehead atoms. The minimum absolute atomic E-state index is 0.609. The summed E-state index contributed by atoms with van der Waals surface area (Å²) in [6.07, 6.45) is 9.28. The second-order valence-electron chi connectivity index (χ2n) is 6.00. The van der Waals surface area contributed by atoms with Crippen molar-refractivity contribution >= 4 is 0 Å². The Bertz CT molecular complexity index is 315. The third-order valence-electron chi connectivity index (χ3n) is 4.73. The monoisotopic (exact) mass is 204 g/mol. The van der Waals surface area contributed by atoms with Gasteiger partial charge in [-0.1, -0.05) is 29.7 Å². The molecule has 2 aliphatic rings. The topological polar surface area (TPSA) is 0 Å². The summed E-state index contributed by atoms with van der Waals surface area (Å²) >= 11 is 0. The Balaban J connectivity index is 2.27. The maximum atomic E-state index is 2.51. The van der Waals surface area contributed by atoms with Gasteiger partial charge in [0, 0.05) is 0 Å². The second-order valence-corrected chi connectivity index (χ2v) is 6.00. The van der Waals surface area contributed by atoms with E-state index in [0.29, 0.717) is 5.41 Å². The Hall–Kier alpha value is -0.520. The molecule has 2 rings (SSSR count). The number of fused-ring (bicyclic) bond motifs is 1. The van der Waals surface area contributed by atoms with E-state index >= 15 is 0 Å². The number of rotatable bonds is 0. The summed E-state index contributed by atoms with van der Waals surface area (Å²) < 4.78 is 0. The number of hydrogen-bond donors (Lipinski definition) is 0. The van der Waals surface area contributed by atoms with Gasteiger partial charge in [-0.2, -0.15) is 0 Å². The van der Waals surface area contributed by atoms with Gasteiger partial charge >= 0.3 is 0 Å². The van der Waals surface area contributed by atoms with Crippen molar-refractivity contribution < 1.29 is 0 Å². The van der Waals surface area contributed by atoms with Crippen LogP contribution in [-0.4, -0.2) is 0 Å². The van der Waals surface area contributed by atoms with E-state index in [0.717, 1.165) is 5.92 Å². The molecule has 1 saturated carbocycles. The number of hydrogen-bond acceptors (Lipinski definition) is 0. The molecule has 0 aromatic carbocycles. The minimum Gasteiger partial charge on any atom is -0.0853 e. The summed E-state index contributed by atoms with van der Waals surface area (Å²) in [4.78, 5) is 0. The molecule has 0 N–H and O–H groups in total. The SMILES string of the molecule is CC1=CCC[C@]2(C)CCC(=C(C)C)C[C@@H]12. The zero-order valence-corrected chi connectivity index (χ0v) is 10.7. The molecular weight excluding hydrogens is 180 g/mol. The van der Waals surface area contributed by atoms with Gasteiger partial charge in [0.1, 0.15) is 0 Å². The van der Waals surface area contributed by atoms with Gasteiger partial charge in [0.2, 0.25) is 0 Å². The van der Waals surface area contributed by atoms with E-state index in [1.54, 1.807) is 16.7 Å². The van der Waals surface area contributed by atoms with Gasteiger partial charge < -0.3 is 0 Å². The van der Waals surface area contributed by atoms with Crippen molar-refractivity contribution in [3.8, 4) is 0 Å². The molecule has 0 aliphatic heterocycles. The van der Waals surface area contributed by atoms with Crippen molar-refractivity contribution in [3.63, 3.8) is 0 Å². The van der Waals surface area contributed by atoms with Crippen LogP contribution in [0.3, 0.4) is 0 Å². The van der Waals surface area contributed by atoms with Crippen molar-refractivity contribution in [1.82, 2.24) is 0 Å². The van der Waals surface area contributed by atoms with Gasteiger partial charge in [0.15, 0.2) is 0 Å². The third kappa shape index (κ3) is 1.91. The maximum Gasteiger partial charge on any atom is -0.0114 e. The second kappa shape index (κ2) is 3.81. The van der Waals surface area contributed by atoms with Gasteiger partial charge in [-0.3, -0.25) is 0 Å². The first-order chi connectivity index (χ1) is 7.03. The summed E-state index contributed by atoms with van der Waals surface area (Å²) in [5, 5.41) is 0. The third-order valence-corrected chi connectivity index (χ3v) is 4.73. The van der Waals surface area contributed by atoms with Crippen LogP contribution in [0.1, 0.15) is 59.8 Å². The van der Waals surface area contributed by atoms with E-state index in [1.165, 1.54) is 32.1 Å². The molecule has 0 amide bonds. The lowest BCUT2D eigenvalue weighted by Gasteiger charge is -2.46. The van der Waals surface area contributed by atoms with E-state index in [-0.39, 0.29) is 0 Å². The Morgan fingerprint density at radius 3 is 2.73 bits per heavy atom. The van der Waals surface area contributed by atoms with E-state index in [9.17, 15) is 0 Å². The Morgan fingerprint density at radius 1 is 1.33 bits per heavy atom. The molecule has 0 heterocycles. The van der Waals surface area contributed by atoms with E-state index in [2.05, 4.69) is 33.8 Å². The molecule has 0 radical (unpaired) electrons. The maximum absolute atomic E-state index is 2.51. The van der Waals surface area contributed by atoms with Gasteiger partial charge in [-0.15, -0.1) is 0 Å². The average molecular weight is 204 g/mol. The van der Waals surface area contributed by atoms with Crippen LogP contribution in [-0.2, 0) is 0 Å². The Morgan fingerprint density at radius 2 is 2.07 bits per heavy atom. The lowest BCUT2D eigenvalue weighted by atomic mass is 9.59. The first-order valence-electron chi connectivity index (χ1n) is 6.35. The molecule has 15 heavy (non-hydrogen) atoms. The van der Waals surface area contributed by atoms with Crippen LogP contribution in [0.4, 0.5) is 0 Å². The van der Waals surface area contributed by atoms with Crippen LogP contribution in [0, 0.1) is 11.3 Å². The fraction of sp³-hybridized carbons (Fsp3) is 0.733. The molecule has 0 saturated heterocycles. The molecule has 0 unspecified atom stereocenters. The van der Waals surface area contributed by atoms with Gasteiger partial charge in [-0.05, 0) is 64.2 Å². The summed E-state index contributed by atoms with van der Waals surface area (Å²) in [7, 11) is 0. The largest absolute Gasteiger partial charge is 0.0853 e. The standard InChI is InChI=1S/C15H24/c1-11(2)13-7-9-15(4)8-5-6-12(3)14(15)10-13/h6,14H,5,7-10H2,1-4H3/t14-,15+/m0/s1. The first-order valence-corrected chi connectivity index (χ1v) is 6.35. The predicted molar refractivity (Wildman–Crippen MR) is 66.8 cm³/mol. The summed E-state index contributed by atoms with van der Waals surface area (Å²) in [6, 6.07) is 0. The van der Waals surface area contributed by atoms with Crippen molar-refractivity contribution in [2.45, 2.75) is 59.8 Å². The highest BCUT2D eigenvalue weighted by Gasteiger charge is 2.40. The lowest BCUT2D eigenvalue weighted by Crippen LogP contribution is -2.34. The zero-order valence-electron chi connectivity index (χ0n) is 10.7. The lowest BCUT2D eigenvalue weighted by molar-refractivity contribution is 0.146. The molecule has 2 atom stereocenters. The highest BCUT2D eigenvalue weighted by atomic mass is 14.4. The summed E-state index contributed by atoms with van der Waals surface area (Å²) in [5.74, 6) is 0.838. The van der Waals surface area contributed by atoms with Gasteiger partial charge in [-0.25, -0.2) is 0 Å². The molecule has 1 fully saturated rings. The van der Waals surface area contributed by atoms with Crippen LogP contribution in [0.15, 0.2) is 22.8 Å². The van der Waals surface area contributed by atoms with Crippen molar-refractivity contribution in [2.75, 3.05) is 0 Å². The average Bonchev–Trinajstić information content (AvgIpc) is 2.17. The minimum atomic E-state index is 0.609. The Kier molecular flexibility index (Phi) is 2.79.